The maximum atomic E-state index is 12.0. The molecule has 0 aromatic carbocycles. The van der Waals surface area contributed by atoms with Gasteiger partial charge in [-0.3, -0.25) is 9.59 Å². The molecule has 0 spiro atoms. The summed E-state index contributed by atoms with van der Waals surface area (Å²) in [6.45, 7) is 9.69. The second kappa shape index (κ2) is 19.6. The van der Waals surface area contributed by atoms with Gasteiger partial charge in [-0.05, 0) is 57.4 Å². The zero-order chi connectivity index (χ0) is 21.7. The van der Waals surface area contributed by atoms with E-state index in [1.165, 1.54) is 0 Å². The lowest BCUT2D eigenvalue weighted by molar-refractivity contribution is -0.121. The highest BCUT2D eigenvalue weighted by molar-refractivity contribution is 5.75. The van der Waals surface area contributed by atoms with E-state index in [1.807, 2.05) is 6.08 Å². The van der Waals surface area contributed by atoms with Crippen molar-refractivity contribution in [3.05, 3.63) is 12.7 Å². The van der Waals surface area contributed by atoms with E-state index in [9.17, 15) is 14.4 Å². The highest BCUT2D eigenvalue weighted by atomic mass is 16.1. The summed E-state index contributed by atoms with van der Waals surface area (Å²) in [6.07, 6.45) is 13.6. The number of carbonyl (C=O) groups is 3. The molecule has 0 aliphatic carbocycles. The van der Waals surface area contributed by atoms with Crippen molar-refractivity contribution in [3.8, 4) is 0 Å². The fraction of sp³-hybridized carbons (Fsp3) is 0.783. The molecule has 3 unspecified atom stereocenters. The summed E-state index contributed by atoms with van der Waals surface area (Å²) in [6, 6.07) is 0.509. The van der Waals surface area contributed by atoms with Crippen LogP contribution in [-0.4, -0.2) is 43.8 Å². The van der Waals surface area contributed by atoms with Crippen molar-refractivity contribution in [1.82, 2.24) is 16.0 Å². The molecular formula is C23H43N3O3. The lowest BCUT2D eigenvalue weighted by Crippen LogP contribution is -2.33. The van der Waals surface area contributed by atoms with Crippen molar-refractivity contribution in [1.29, 1.82) is 0 Å². The fourth-order valence-electron chi connectivity index (χ4n) is 3.47. The quantitative estimate of drug-likeness (QED) is 0.154. The Labute approximate surface area is 177 Å². The number of carbonyl (C=O) groups excluding carboxylic acids is 3. The maximum absolute atomic E-state index is 12.0. The standard InChI is InChI=1S/C23H43N3O3/c1-4-12-22(26-19-28)20(3)13-6-7-15-23(29)25-17-9-8-14-21(5-2)24-16-10-11-18-27/h5,18-22,24H,2,4,6-17H2,1,3H3,(H,25,29)(H,26,28). The largest absolute Gasteiger partial charge is 0.356 e. The number of hydrogen-bond donors (Lipinski definition) is 3. The Balaban J connectivity index is 3.72. The third-order valence-corrected chi connectivity index (χ3v) is 5.34. The van der Waals surface area contributed by atoms with Gasteiger partial charge in [-0.1, -0.05) is 32.8 Å². The average molecular weight is 410 g/mol. The second-order valence-corrected chi connectivity index (χ2v) is 7.85. The Morgan fingerprint density at radius 1 is 1.00 bits per heavy atom. The Morgan fingerprint density at radius 3 is 2.41 bits per heavy atom. The molecule has 0 bridgehead atoms. The second-order valence-electron chi connectivity index (χ2n) is 7.85. The Bertz CT molecular complexity index is 443. The molecule has 0 saturated heterocycles. The van der Waals surface area contributed by atoms with Crippen LogP contribution in [0.3, 0.4) is 0 Å². The Hall–Kier alpha value is -1.69. The minimum absolute atomic E-state index is 0.126. The zero-order valence-electron chi connectivity index (χ0n) is 18.6. The molecule has 0 aromatic heterocycles. The van der Waals surface area contributed by atoms with Crippen LogP contribution in [0.1, 0.15) is 84.5 Å². The first kappa shape index (κ1) is 27.3. The average Bonchev–Trinajstić information content (AvgIpc) is 2.72. The van der Waals surface area contributed by atoms with E-state index >= 15 is 0 Å². The lowest BCUT2D eigenvalue weighted by Gasteiger charge is -2.22. The van der Waals surface area contributed by atoms with Gasteiger partial charge in [0.05, 0.1) is 0 Å². The van der Waals surface area contributed by atoms with Gasteiger partial charge < -0.3 is 20.7 Å². The summed E-state index contributed by atoms with van der Waals surface area (Å²) in [4.78, 5) is 33.0. The molecule has 0 aliphatic heterocycles. The minimum Gasteiger partial charge on any atom is -0.356 e. The van der Waals surface area contributed by atoms with Gasteiger partial charge >= 0.3 is 0 Å². The predicted molar refractivity (Wildman–Crippen MR) is 120 cm³/mol. The van der Waals surface area contributed by atoms with Gasteiger partial charge in [0, 0.05) is 31.5 Å². The lowest BCUT2D eigenvalue weighted by atomic mass is 9.92. The maximum Gasteiger partial charge on any atom is 0.219 e. The molecule has 3 N–H and O–H groups in total. The third-order valence-electron chi connectivity index (χ3n) is 5.34. The van der Waals surface area contributed by atoms with Gasteiger partial charge in [0.15, 0.2) is 0 Å². The van der Waals surface area contributed by atoms with Crippen LogP contribution < -0.4 is 16.0 Å². The van der Waals surface area contributed by atoms with Crippen molar-refractivity contribution in [2.45, 2.75) is 96.6 Å². The first-order valence-corrected chi connectivity index (χ1v) is 11.3. The van der Waals surface area contributed by atoms with Crippen LogP contribution in [0.2, 0.25) is 0 Å². The summed E-state index contributed by atoms with van der Waals surface area (Å²) in [5, 5.41) is 9.30. The van der Waals surface area contributed by atoms with Gasteiger partial charge in [0.25, 0.3) is 0 Å². The molecule has 6 nitrogen and oxygen atoms in total. The van der Waals surface area contributed by atoms with Crippen LogP contribution in [0.5, 0.6) is 0 Å². The molecule has 0 rings (SSSR count). The molecule has 0 heterocycles. The summed E-state index contributed by atoms with van der Waals surface area (Å²) >= 11 is 0. The van der Waals surface area contributed by atoms with Gasteiger partial charge in [0.2, 0.25) is 12.3 Å². The van der Waals surface area contributed by atoms with E-state index in [4.69, 9.17) is 0 Å². The van der Waals surface area contributed by atoms with E-state index < -0.39 is 0 Å². The molecule has 0 aromatic rings. The Kier molecular flexibility index (Phi) is 18.5. The first-order chi connectivity index (χ1) is 14.1. The smallest absolute Gasteiger partial charge is 0.219 e. The molecule has 0 radical (unpaired) electrons. The molecule has 168 valence electrons. The summed E-state index contributed by atoms with van der Waals surface area (Å²) in [5.74, 6) is 0.564. The molecule has 2 amide bonds. The zero-order valence-corrected chi connectivity index (χ0v) is 18.6. The highest BCUT2D eigenvalue weighted by Gasteiger charge is 2.15. The third kappa shape index (κ3) is 15.9. The normalized spacial score (nSPS) is 13.9. The number of unbranched alkanes of at least 4 members (excludes halogenated alkanes) is 3. The van der Waals surface area contributed by atoms with Gasteiger partial charge in [0.1, 0.15) is 6.29 Å². The van der Waals surface area contributed by atoms with Crippen molar-refractivity contribution >= 4 is 18.6 Å². The molecule has 0 saturated carbocycles. The molecule has 6 heteroatoms. The minimum atomic E-state index is 0.126. The number of amides is 2. The highest BCUT2D eigenvalue weighted by Crippen LogP contribution is 2.16. The molecule has 0 aliphatic rings. The van der Waals surface area contributed by atoms with Gasteiger partial charge in [-0.25, -0.2) is 0 Å². The van der Waals surface area contributed by atoms with Crippen molar-refractivity contribution < 1.29 is 14.4 Å². The van der Waals surface area contributed by atoms with E-state index in [2.05, 4.69) is 36.4 Å². The summed E-state index contributed by atoms with van der Waals surface area (Å²) < 4.78 is 0. The SMILES string of the molecule is C=CC(CCCCNC(=O)CCCCC(C)C(CCC)NC=O)NCCCC=O. The van der Waals surface area contributed by atoms with Crippen molar-refractivity contribution in [3.63, 3.8) is 0 Å². The van der Waals surface area contributed by atoms with Gasteiger partial charge in [-0.15, -0.1) is 6.58 Å². The predicted octanol–water partition coefficient (Wildman–Crippen LogP) is 3.51. The number of nitrogens with one attached hydrogen (secondary N) is 3. The van der Waals surface area contributed by atoms with Crippen LogP contribution >= 0.6 is 0 Å². The van der Waals surface area contributed by atoms with Crippen LogP contribution in [-0.2, 0) is 14.4 Å². The molecule has 3 atom stereocenters. The first-order valence-electron chi connectivity index (χ1n) is 11.3. The van der Waals surface area contributed by atoms with Crippen LogP contribution in [0.15, 0.2) is 12.7 Å². The molecule has 0 fully saturated rings. The van der Waals surface area contributed by atoms with Crippen LogP contribution in [0.25, 0.3) is 0 Å². The fourth-order valence-corrected chi connectivity index (χ4v) is 3.47. The van der Waals surface area contributed by atoms with Gasteiger partial charge in [-0.2, -0.15) is 0 Å². The van der Waals surface area contributed by atoms with Crippen LogP contribution in [0, 0.1) is 5.92 Å². The number of aldehydes is 1. The summed E-state index contributed by atoms with van der Waals surface area (Å²) in [7, 11) is 0. The van der Waals surface area contributed by atoms with Crippen molar-refractivity contribution in [2.75, 3.05) is 13.1 Å². The van der Waals surface area contributed by atoms with E-state index in [0.29, 0.717) is 25.3 Å². The van der Waals surface area contributed by atoms with E-state index in [0.717, 1.165) is 77.0 Å². The number of rotatable bonds is 21. The number of hydrogen-bond acceptors (Lipinski definition) is 4. The topological polar surface area (TPSA) is 87.3 Å². The van der Waals surface area contributed by atoms with Crippen LogP contribution in [0.4, 0.5) is 0 Å². The molecule has 29 heavy (non-hydrogen) atoms. The molecular weight excluding hydrogens is 366 g/mol. The Morgan fingerprint density at radius 2 is 1.76 bits per heavy atom. The monoisotopic (exact) mass is 409 g/mol. The van der Waals surface area contributed by atoms with Crippen molar-refractivity contribution in [2.24, 2.45) is 5.92 Å². The summed E-state index contributed by atoms with van der Waals surface area (Å²) in [5.41, 5.74) is 0. The van der Waals surface area contributed by atoms with E-state index in [1.54, 1.807) is 0 Å². The van der Waals surface area contributed by atoms with E-state index in [-0.39, 0.29) is 18.0 Å².